The molecule has 1 rings (SSSR count). The van der Waals surface area contributed by atoms with Crippen molar-refractivity contribution in [1.82, 2.24) is 5.32 Å². The lowest BCUT2D eigenvalue weighted by atomic mass is 9.93. The van der Waals surface area contributed by atoms with Crippen LogP contribution in [0.25, 0.3) is 0 Å². The van der Waals surface area contributed by atoms with E-state index >= 15 is 0 Å². The minimum Gasteiger partial charge on any atom is -0.481 e. The summed E-state index contributed by atoms with van der Waals surface area (Å²) in [6, 6.07) is 0. The molecule has 0 spiro atoms. The maximum Gasteiger partial charge on any atom is 0.407 e. The van der Waals surface area contributed by atoms with E-state index in [0.29, 0.717) is 19.8 Å². The fraction of sp³-hybridized carbons (Fsp3) is 0.833. The zero-order valence-corrected chi connectivity index (χ0v) is 11.1. The standard InChI is InChI=1S/C12H21NO5/c1-12(2,3)18-11(16)13-5-9-7-17-6-8(9)4-10(14)15/h8-9H,4-7H2,1-3H3,(H,13,16)(H,14,15)/t8-,9-/m1/s1. The largest absolute Gasteiger partial charge is 0.481 e. The number of aliphatic carboxylic acids is 1. The molecule has 18 heavy (non-hydrogen) atoms. The number of ether oxygens (including phenoxy) is 2. The molecule has 1 amide bonds. The number of hydrogen-bond acceptors (Lipinski definition) is 4. The van der Waals surface area contributed by atoms with E-state index in [1.807, 2.05) is 0 Å². The molecule has 104 valence electrons. The first kappa shape index (κ1) is 14.8. The quantitative estimate of drug-likeness (QED) is 0.793. The van der Waals surface area contributed by atoms with Crippen molar-refractivity contribution in [2.24, 2.45) is 11.8 Å². The van der Waals surface area contributed by atoms with E-state index in [-0.39, 0.29) is 18.3 Å². The fourth-order valence-corrected chi connectivity index (χ4v) is 1.85. The Morgan fingerprint density at radius 2 is 1.94 bits per heavy atom. The van der Waals surface area contributed by atoms with E-state index in [1.54, 1.807) is 20.8 Å². The summed E-state index contributed by atoms with van der Waals surface area (Å²) in [7, 11) is 0. The van der Waals surface area contributed by atoms with Crippen molar-refractivity contribution >= 4 is 12.1 Å². The van der Waals surface area contributed by atoms with Gasteiger partial charge in [-0.1, -0.05) is 0 Å². The number of alkyl carbamates (subject to hydrolysis) is 1. The van der Waals surface area contributed by atoms with Crippen LogP contribution in [0.3, 0.4) is 0 Å². The highest BCUT2D eigenvalue weighted by Crippen LogP contribution is 2.23. The summed E-state index contributed by atoms with van der Waals surface area (Å²) in [5.41, 5.74) is -0.531. The first-order valence-corrected chi connectivity index (χ1v) is 6.04. The Balaban J connectivity index is 2.34. The Morgan fingerprint density at radius 3 is 2.50 bits per heavy atom. The van der Waals surface area contributed by atoms with E-state index in [9.17, 15) is 9.59 Å². The van der Waals surface area contributed by atoms with Gasteiger partial charge >= 0.3 is 12.1 Å². The Kier molecular flexibility index (Phi) is 4.95. The predicted molar refractivity (Wildman–Crippen MR) is 64.3 cm³/mol. The van der Waals surface area contributed by atoms with Gasteiger partial charge in [-0.3, -0.25) is 4.79 Å². The molecule has 2 N–H and O–H groups in total. The van der Waals surface area contributed by atoms with Crippen LogP contribution in [-0.4, -0.2) is 42.5 Å². The van der Waals surface area contributed by atoms with Crippen LogP contribution >= 0.6 is 0 Å². The van der Waals surface area contributed by atoms with Crippen molar-refractivity contribution in [3.05, 3.63) is 0 Å². The van der Waals surface area contributed by atoms with Gasteiger partial charge in [-0.05, 0) is 26.7 Å². The molecule has 0 saturated carbocycles. The molecule has 6 heteroatoms. The summed E-state index contributed by atoms with van der Waals surface area (Å²) in [4.78, 5) is 22.1. The van der Waals surface area contributed by atoms with Gasteiger partial charge in [0, 0.05) is 12.5 Å². The summed E-state index contributed by atoms with van der Waals surface area (Å²) in [6.07, 6.45) is -0.413. The molecule has 0 aromatic rings. The van der Waals surface area contributed by atoms with Crippen LogP contribution < -0.4 is 5.32 Å². The van der Waals surface area contributed by atoms with Crippen LogP contribution in [0.4, 0.5) is 4.79 Å². The van der Waals surface area contributed by atoms with Gasteiger partial charge in [-0.2, -0.15) is 0 Å². The molecular weight excluding hydrogens is 238 g/mol. The van der Waals surface area contributed by atoms with Crippen LogP contribution in [-0.2, 0) is 14.3 Å². The molecule has 1 aliphatic rings. The minimum atomic E-state index is -0.840. The molecule has 1 aliphatic heterocycles. The predicted octanol–water partition coefficient (Wildman–Crippen LogP) is 1.25. The number of rotatable bonds is 4. The van der Waals surface area contributed by atoms with Crippen LogP contribution in [0, 0.1) is 11.8 Å². The maximum absolute atomic E-state index is 11.5. The zero-order valence-electron chi connectivity index (χ0n) is 11.1. The number of carboxylic acid groups (broad SMARTS) is 1. The summed E-state index contributed by atoms with van der Waals surface area (Å²) < 4.78 is 10.4. The molecule has 0 aromatic carbocycles. The molecule has 2 atom stereocenters. The molecular formula is C12H21NO5. The van der Waals surface area contributed by atoms with Gasteiger partial charge in [-0.25, -0.2) is 4.79 Å². The van der Waals surface area contributed by atoms with Gasteiger partial charge in [0.05, 0.1) is 19.6 Å². The van der Waals surface area contributed by atoms with E-state index in [4.69, 9.17) is 14.6 Å². The first-order chi connectivity index (χ1) is 8.28. The van der Waals surface area contributed by atoms with E-state index < -0.39 is 17.7 Å². The second kappa shape index (κ2) is 6.04. The monoisotopic (exact) mass is 259 g/mol. The number of nitrogens with one attached hydrogen (secondary N) is 1. The average Bonchev–Trinajstić information content (AvgIpc) is 2.58. The van der Waals surface area contributed by atoms with Crippen LogP contribution in [0.15, 0.2) is 0 Å². The number of amides is 1. The smallest absolute Gasteiger partial charge is 0.407 e. The molecule has 0 unspecified atom stereocenters. The normalized spacial score (nSPS) is 23.7. The Labute approximate surface area is 107 Å². The van der Waals surface area contributed by atoms with Gasteiger partial charge in [0.2, 0.25) is 0 Å². The highest BCUT2D eigenvalue weighted by atomic mass is 16.6. The number of carbonyl (C=O) groups is 2. The van der Waals surface area contributed by atoms with E-state index in [1.165, 1.54) is 0 Å². The lowest BCUT2D eigenvalue weighted by molar-refractivity contribution is -0.138. The maximum atomic E-state index is 11.5. The molecule has 1 heterocycles. The molecule has 0 bridgehead atoms. The van der Waals surface area contributed by atoms with Crippen molar-refractivity contribution in [2.75, 3.05) is 19.8 Å². The SMILES string of the molecule is CC(C)(C)OC(=O)NC[C@@H]1COC[C@H]1CC(=O)O. The van der Waals surface area contributed by atoms with Crippen molar-refractivity contribution in [2.45, 2.75) is 32.8 Å². The van der Waals surface area contributed by atoms with Crippen LogP contribution in [0.1, 0.15) is 27.2 Å². The second-order valence-electron chi connectivity index (χ2n) is 5.54. The summed E-state index contributed by atoms with van der Waals surface area (Å²) in [6.45, 7) is 6.67. The third kappa shape index (κ3) is 5.35. The Morgan fingerprint density at radius 1 is 1.33 bits per heavy atom. The summed E-state index contributed by atoms with van der Waals surface area (Å²) >= 11 is 0. The lowest BCUT2D eigenvalue weighted by Crippen LogP contribution is -2.37. The highest BCUT2D eigenvalue weighted by Gasteiger charge is 2.30. The first-order valence-electron chi connectivity index (χ1n) is 6.04. The van der Waals surface area contributed by atoms with Gasteiger partial charge in [0.1, 0.15) is 5.60 Å². The Bertz CT molecular complexity index is 310. The number of carbonyl (C=O) groups excluding carboxylic acids is 1. The minimum absolute atomic E-state index is 0.0358. The summed E-state index contributed by atoms with van der Waals surface area (Å²) in [5.74, 6) is -0.848. The van der Waals surface area contributed by atoms with Gasteiger partial charge in [0.15, 0.2) is 0 Å². The molecule has 0 aromatic heterocycles. The lowest BCUT2D eigenvalue weighted by Gasteiger charge is -2.21. The van der Waals surface area contributed by atoms with Crippen LogP contribution in [0.5, 0.6) is 0 Å². The van der Waals surface area contributed by atoms with E-state index in [2.05, 4.69) is 5.32 Å². The topological polar surface area (TPSA) is 84.9 Å². The van der Waals surface area contributed by atoms with Gasteiger partial charge in [-0.15, -0.1) is 0 Å². The molecule has 0 radical (unpaired) electrons. The Hall–Kier alpha value is -1.30. The molecule has 1 saturated heterocycles. The van der Waals surface area contributed by atoms with E-state index in [0.717, 1.165) is 0 Å². The number of hydrogen-bond donors (Lipinski definition) is 2. The number of carboxylic acids is 1. The fourth-order valence-electron chi connectivity index (χ4n) is 1.85. The molecule has 6 nitrogen and oxygen atoms in total. The zero-order chi connectivity index (χ0) is 13.8. The highest BCUT2D eigenvalue weighted by molar-refractivity contribution is 5.68. The second-order valence-corrected chi connectivity index (χ2v) is 5.54. The van der Waals surface area contributed by atoms with Crippen molar-refractivity contribution < 1.29 is 24.2 Å². The summed E-state index contributed by atoms with van der Waals surface area (Å²) in [5, 5.41) is 11.4. The molecule has 1 fully saturated rings. The van der Waals surface area contributed by atoms with Gasteiger partial charge in [0.25, 0.3) is 0 Å². The van der Waals surface area contributed by atoms with Gasteiger partial charge < -0.3 is 19.9 Å². The van der Waals surface area contributed by atoms with Crippen molar-refractivity contribution in [1.29, 1.82) is 0 Å². The van der Waals surface area contributed by atoms with Crippen molar-refractivity contribution in [3.63, 3.8) is 0 Å². The third-order valence-corrected chi connectivity index (χ3v) is 2.67. The van der Waals surface area contributed by atoms with Crippen molar-refractivity contribution in [3.8, 4) is 0 Å². The third-order valence-electron chi connectivity index (χ3n) is 2.67. The molecule has 0 aliphatic carbocycles. The van der Waals surface area contributed by atoms with Crippen LogP contribution in [0.2, 0.25) is 0 Å². The average molecular weight is 259 g/mol.